The number of ether oxygens (including phenoxy) is 2. The van der Waals surface area contributed by atoms with E-state index in [1.807, 2.05) is 17.0 Å². The normalized spacial score (nSPS) is 21.4. The van der Waals surface area contributed by atoms with Crippen LogP contribution in [0.1, 0.15) is 23.6 Å². The van der Waals surface area contributed by atoms with Gasteiger partial charge >= 0.3 is 6.03 Å². The lowest BCUT2D eigenvalue weighted by Crippen LogP contribution is -2.45. The molecule has 1 unspecified atom stereocenters. The van der Waals surface area contributed by atoms with Gasteiger partial charge in [-0.05, 0) is 54.3 Å². The van der Waals surface area contributed by atoms with Gasteiger partial charge in [0.2, 0.25) is 0 Å². The van der Waals surface area contributed by atoms with Gasteiger partial charge in [0, 0.05) is 13.1 Å². The number of hydrogen-bond donors (Lipinski definition) is 1. The zero-order valence-corrected chi connectivity index (χ0v) is 17.2. The summed E-state index contributed by atoms with van der Waals surface area (Å²) in [6, 6.07) is 9.07. The lowest BCUT2D eigenvalue weighted by Gasteiger charge is -2.32. The van der Waals surface area contributed by atoms with E-state index in [0.717, 1.165) is 17.5 Å². The number of hydrogen-bond acceptors (Lipinski definition) is 5. The molecule has 2 aliphatic rings. The van der Waals surface area contributed by atoms with Gasteiger partial charge in [-0.25, -0.2) is 14.1 Å². The molecule has 1 saturated heterocycles. The summed E-state index contributed by atoms with van der Waals surface area (Å²) in [5.74, 6) is 0.595. The summed E-state index contributed by atoms with van der Waals surface area (Å²) >= 11 is 0. The van der Waals surface area contributed by atoms with Gasteiger partial charge in [0.1, 0.15) is 11.4 Å². The topological polar surface area (TPSA) is 71.1 Å². The largest absolute Gasteiger partial charge is 0.493 e. The predicted octanol–water partition coefficient (Wildman–Crippen LogP) is 2.63. The van der Waals surface area contributed by atoms with Crippen LogP contribution in [0.5, 0.6) is 11.5 Å². The Morgan fingerprint density at radius 1 is 1.07 bits per heavy atom. The number of fused-ring (bicyclic) bond motifs is 1. The molecule has 0 radical (unpaired) electrons. The molecular weight excluding hydrogens is 389 g/mol. The fraction of sp³-hybridized carbons (Fsp3) is 0.364. The number of benzene rings is 2. The molecule has 1 N–H and O–H groups in total. The van der Waals surface area contributed by atoms with Crippen molar-refractivity contribution in [3.05, 3.63) is 58.9 Å². The first-order chi connectivity index (χ1) is 14.4. The molecular formula is C22H24FN3O4. The van der Waals surface area contributed by atoms with Crippen molar-refractivity contribution in [1.82, 2.24) is 15.1 Å². The highest BCUT2D eigenvalue weighted by Gasteiger charge is 2.49. The zero-order valence-electron chi connectivity index (χ0n) is 17.2. The molecule has 2 aliphatic heterocycles. The summed E-state index contributed by atoms with van der Waals surface area (Å²) in [7, 11) is 3.20. The third kappa shape index (κ3) is 3.37. The maximum absolute atomic E-state index is 13.3. The van der Waals surface area contributed by atoms with Crippen LogP contribution in [0.2, 0.25) is 0 Å². The van der Waals surface area contributed by atoms with Crippen LogP contribution >= 0.6 is 0 Å². The van der Waals surface area contributed by atoms with Crippen molar-refractivity contribution < 1.29 is 23.5 Å². The van der Waals surface area contributed by atoms with Crippen LogP contribution in [0.4, 0.5) is 9.18 Å². The summed E-state index contributed by atoms with van der Waals surface area (Å²) < 4.78 is 24.0. The standard InChI is InChI=1S/C22H24FN3O4/c1-22(16-4-6-17(23)7-5-16)20(27)26(21(28)24-22)13-25-9-8-14-10-18(29-2)19(30-3)11-15(14)12-25/h4-7,10-11H,8-9,12-13H2,1-3H3,(H,24,28). The lowest BCUT2D eigenvalue weighted by atomic mass is 9.92. The number of nitrogens with one attached hydrogen (secondary N) is 1. The molecule has 0 aliphatic carbocycles. The Kier molecular flexibility index (Phi) is 5.11. The Hall–Kier alpha value is -3.13. The van der Waals surface area contributed by atoms with E-state index in [1.165, 1.54) is 29.2 Å². The summed E-state index contributed by atoms with van der Waals surface area (Å²) in [6.45, 7) is 3.10. The molecule has 2 aromatic carbocycles. The van der Waals surface area contributed by atoms with Crippen molar-refractivity contribution in [1.29, 1.82) is 0 Å². The Labute approximate surface area is 174 Å². The summed E-state index contributed by atoms with van der Waals surface area (Å²) in [5.41, 5.74) is 1.57. The van der Waals surface area contributed by atoms with Gasteiger partial charge in [0.15, 0.2) is 11.5 Å². The maximum Gasteiger partial charge on any atom is 0.326 e. The number of urea groups is 1. The van der Waals surface area contributed by atoms with Gasteiger partial charge in [0.25, 0.3) is 5.91 Å². The molecule has 2 aromatic rings. The Bertz CT molecular complexity index is 995. The summed E-state index contributed by atoms with van der Waals surface area (Å²) in [4.78, 5) is 29.0. The minimum absolute atomic E-state index is 0.176. The molecule has 0 spiro atoms. The number of carbonyl (C=O) groups is 2. The highest BCUT2D eigenvalue weighted by molar-refractivity contribution is 6.07. The second kappa shape index (κ2) is 7.60. The molecule has 1 atom stereocenters. The van der Waals surface area contributed by atoms with E-state index in [4.69, 9.17) is 9.47 Å². The van der Waals surface area contributed by atoms with Crippen LogP contribution in [-0.2, 0) is 23.3 Å². The number of halogens is 1. The molecule has 2 heterocycles. The van der Waals surface area contributed by atoms with Crippen molar-refractivity contribution in [2.45, 2.75) is 25.4 Å². The monoisotopic (exact) mass is 413 g/mol. The molecule has 4 rings (SSSR count). The number of imide groups is 1. The molecule has 0 aromatic heterocycles. The third-order valence-electron chi connectivity index (χ3n) is 5.84. The first-order valence-corrected chi connectivity index (χ1v) is 9.72. The van der Waals surface area contributed by atoms with Crippen LogP contribution in [-0.4, -0.2) is 49.2 Å². The number of methoxy groups -OCH3 is 2. The number of nitrogens with zero attached hydrogens (tertiary/aromatic N) is 2. The molecule has 158 valence electrons. The second-order valence-corrected chi connectivity index (χ2v) is 7.72. The highest BCUT2D eigenvalue weighted by Crippen LogP contribution is 2.34. The SMILES string of the molecule is COc1cc2c(cc1OC)CN(CN1C(=O)NC(C)(c3ccc(F)cc3)C1=O)CC2. The van der Waals surface area contributed by atoms with Crippen LogP contribution in [0.25, 0.3) is 0 Å². The van der Waals surface area contributed by atoms with E-state index in [9.17, 15) is 14.0 Å². The van der Waals surface area contributed by atoms with Gasteiger partial charge < -0.3 is 14.8 Å². The molecule has 0 bridgehead atoms. The van der Waals surface area contributed by atoms with Crippen LogP contribution in [0.15, 0.2) is 36.4 Å². The average Bonchev–Trinajstić information content (AvgIpc) is 2.96. The van der Waals surface area contributed by atoms with Crippen LogP contribution in [0.3, 0.4) is 0 Å². The zero-order chi connectivity index (χ0) is 21.5. The Balaban J connectivity index is 1.52. The van der Waals surface area contributed by atoms with E-state index in [2.05, 4.69) is 5.32 Å². The minimum atomic E-state index is -1.21. The summed E-state index contributed by atoms with van der Waals surface area (Å²) in [6.07, 6.45) is 0.772. The van der Waals surface area contributed by atoms with Crippen LogP contribution in [0, 0.1) is 5.82 Å². The molecule has 0 saturated carbocycles. The van der Waals surface area contributed by atoms with Gasteiger partial charge in [-0.2, -0.15) is 0 Å². The first-order valence-electron chi connectivity index (χ1n) is 9.72. The molecule has 8 heteroatoms. The van der Waals surface area contributed by atoms with E-state index in [-0.39, 0.29) is 12.6 Å². The van der Waals surface area contributed by atoms with Crippen molar-refractivity contribution in [3.8, 4) is 11.5 Å². The van der Waals surface area contributed by atoms with E-state index < -0.39 is 17.4 Å². The summed E-state index contributed by atoms with van der Waals surface area (Å²) in [5, 5.41) is 2.76. The molecule has 3 amide bonds. The third-order valence-corrected chi connectivity index (χ3v) is 5.84. The molecule has 1 fully saturated rings. The predicted molar refractivity (Wildman–Crippen MR) is 108 cm³/mol. The second-order valence-electron chi connectivity index (χ2n) is 7.72. The Morgan fingerprint density at radius 3 is 2.33 bits per heavy atom. The van der Waals surface area contributed by atoms with Crippen molar-refractivity contribution in [3.63, 3.8) is 0 Å². The van der Waals surface area contributed by atoms with Crippen LogP contribution < -0.4 is 14.8 Å². The lowest BCUT2D eigenvalue weighted by molar-refractivity contribution is -0.132. The van der Waals surface area contributed by atoms with E-state index in [1.54, 1.807) is 21.1 Å². The quantitative estimate of drug-likeness (QED) is 0.763. The molecule has 30 heavy (non-hydrogen) atoms. The number of rotatable bonds is 5. The van der Waals surface area contributed by atoms with Crippen molar-refractivity contribution in [2.75, 3.05) is 27.4 Å². The molecule has 7 nitrogen and oxygen atoms in total. The first kappa shape index (κ1) is 20.2. The number of carbonyl (C=O) groups excluding carboxylic acids is 2. The van der Waals surface area contributed by atoms with E-state index in [0.29, 0.717) is 30.2 Å². The van der Waals surface area contributed by atoms with Gasteiger partial charge in [-0.3, -0.25) is 9.69 Å². The van der Waals surface area contributed by atoms with Gasteiger partial charge in [-0.1, -0.05) is 12.1 Å². The minimum Gasteiger partial charge on any atom is -0.493 e. The average molecular weight is 413 g/mol. The number of amides is 3. The van der Waals surface area contributed by atoms with Crippen molar-refractivity contribution >= 4 is 11.9 Å². The van der Waals surface area contributed by atoms with E-state index >= 15 is 0 Å². The highest BCUT2D eigenvalue weighted by atomic mass is 19.1. The maximum atomic E-state index is 13.3. The van der Waals surface area contributed by atoms with Gasteiger partial charge in [-0.15, -0.1) is 0 Å². The van der Waals surface area contributed by atoms with Gasteiger partial charge in [0.05, 0.1) is 20.9 Å². The fourth-order valence-electron chi connectivity index (χ4n) is 4.07. The Morgan fingerprint density at radius 2 is 1.70 bits per heavy atom. The smallest absolute Gasteiger partial charge is 0.326 e. The van der Waals surface area contributed by atoms with Crippen molar-refractivity contribution in [2.24, 2.45) is 0 Å². The fourth-order valence-corrected chi connectivity index (χ4v) is 4.07.